The molecule has 150 valence electrons. The van der Waals surface area contributed by atoms with Crippen molar-refractivity contribution >= 4 is 23.7 Å². The van der Waals surface area contributed by atoms with Crippen LogP contribution < -0.4 is 21.7 Å². The maximum atomic E-state index is 12.1. The summed E-state index contributed by atoms with van der Waals surface area (Å²) in [5, 5.41) is 34.4. The molecule has 5 unspecified atom stereocenters. The molecule has 0 aromatic rings. The average Bonchev–Trinajstić information content (AvgIpc) is 2.53. The third-order valence-electron chi connectivity index (χ3n) is 3.57. The Morgan fingerprint density at radius 3 is 1.77 bits per heavy atom. The van der Waals surface area contributed by atoms with Gasteiger partial charge in [0.15, 0.2) is 6.04 Å². The van der Waals surface area contributed by atoms with Crippen LogP contribution in [0.15, 0.2) is 0 Å². The van der Waals surface area contributed by atoms with Crippen molar-refractivity contribution in [3.63, 3.8) is 0 Å². The maximum absolute atomic E-state index is 12.1. The minimum atomic E-state index is -1.53. The molecule has 0 radical (unpaired) electrons. The molecule has 0 fully saturated rings. The van der Waals surface area contributed by atoms with E-state index in [1.165, 1.54) is 13.8 Å². The first-order valence-electron chi connectivity index (χ1n) is 8.10. The zero-order chi connectivity index (χ0) is 20.6. The molecule has 0 saturated heterocycles. The molecule has 5 atom stereocenters. The van der Waals surface area contributed by atoms with Gasteiger partial charge < -0.3 is 37.0 Å². The van der Waals surface area contributed by atoms with Crippen molar-refractivity contribution in [1.82, 2.24) is 16.0 Å². The Morgan fingerprint density at radius 1 is 0.885 bits per heavy atom. The number of rotatable bonds is 10. The summed E-state index contributed by atoms with van der Waals surface area (Å²) in [5.74, 6) is -3.96. The summed E-state index contributed by atoms with van der Waals surface area (Å²) >= 11 is 0. The smallest absolute Gasteiger partial charge is 0.328 e. The second kappa shape index (κ2) is 10.7. The van der Waals surface area contributed by atoms with E-state index in [1.807, 2.05) is 5.32 Å². The fourth-order valence-corrected chi connectivity index (χ4v) is 1.85. The predicted molar refractivity (Wildman–Crippen MR) is 90.7 cm³/mol. The molecule has 0 aliphatic heterocycles. The van der Waals surface area contributed by atoms with E-state index in [0.717, 1.165) is 0 Å². The van der Waals surface area contributed by atoms with E-state index in [4.69, 9.17) is 10.8 Å². The first kappa shape index (κ1) is 23.8. The molecule has 0 saturated carbocycles. The first-order valence-corrected chi connectivity index (χ1v) is 8.10. The molecular weight excluding hydrogens is 348 g/mol. The number of nitrogens with two attached hydrogens (primary N) is 1. The Balaban J connectivity index is 4.75. The first-order chi connectivity index (χ1) is 11.9. The molecule has 0 spiro atoms. The van der Waals surface area contributed by atoms with E-state index in [2.05, 4.69) is 10.6 Å². The minimum Gasteiger partial charge on any atom is -0.480 e. The minimum absolute atomic E-state index is 0.188. The molecule has 26 heavy (non-hydrogen) atoms. The topological polar surface area (TPSA) is 191 Å². The molecule has 3 amide bonds. The lowest BCUT2D eigenvalue weighted by Gasteiger charge is -2.24. The number of aliphatic carboxylic acids is 1. The number of aliphatic hydroxyl groups is 2. The summed E-state index contributed by atoms with van der Waals surface area (Å²) in [4.78, 5) is 46.6. The Hall–Kier alpha value is -2.24. The Kier molecular flexibility index (Phi) is 9.76. The van der Waals surface area contributed by atoms with Crippen LogP contribution in [-0.4, -0.2) is 75.9 Å². The zero-order valence-electron chi connectivity index (χ0n) is 15.2. The number of nitrogens with one attached hydrogen (secondary N) is 3. The summed E-state index contributed by atoms with van der Waals surface area (Å²) < 4.78 is 0. The van der Waals surface area contributed by atoms with E-state index in [0.29, 0.717) is 0 Å². The highest BCUT2D eigenvalue weighted by atomic mass is 16.4. The largest absolute Gasteiger partial charge is 0.480 e. The Morgan fingerprint density at radius 2 is 1.38 bits per heavy atom. The molecule has 0 rings (SSSR count). The highest BCUT2D eigenvalue weighted by Gasteiger charge is 2.29. The number of aliphatic hydroxyl groups excluding tert-OH is 2. The van der Waals surface area contributed by atoms with Crippen molar-refractivity contribution in [3.05, 3.63) is 0 Å². The standard InChI is InChI=1S/C15H28N4O7/c1-6(2)10(16)13(23)19-11(7(3)20)14(24)17-5-9(22)18-12(8(4)21)15(25)26/h6-8,10-12,20-21H,5,16H2,1-4H3,(H,17,24)(H,18,22)(H,19,23)(H,25,26). The number of hydrogen-bond donors (Lipinski definition) is 7. The van der Waals surface area contributed by atoms with Gasteiger partial charge in [0.25, 0.3) is 0 Å². The van der Waals surface area contributed by atoms with Crippen molar-refractivity contribution < 1.29 is 34.5 Å². The number of carbonyl (C=O) groups excluding carboxylic acids is 3. The van der Waals surface area contributed by atoms with Gasteiger partial charge in [-0.05, 0) is 19.8 Å². The molecule has 11 heteroatoms. The second-order valence-corrected chi connectivity index (χ2v) is 6.34. The molecule has 11 nitrogen and oxygen atoms in total. The van der Waals surface area contributed by atoms with Crippen molar-refractivity contribution in [2.75, 3.05) is 6.54 Å². The quantitative estimate of drug-likeness (QED) is 0.208. The van der Waals surface area contributed by atoms with Crippen LogP contribution in [-0.2, 0) is 19.2 Å². The molecule has 0 aromatic heterocycles. The van der Waals surface area contributed by atoms with Crippen LogP contribution in [0.3, 0.4) is 0 Å². The van der Waals surface area contributed by atoms with Crippen molar-refractivity contribution in [3.8, 4) is 0 Å². The normalized spacial score (nSPS) is 16.8. The lowest BCUT2D eigenvalue weighted by atomic mass is 10.0. The second-order valence-electron chi connectivity index (χ2n) is 6.34. The highest BCUT2D eigenvalue weighted by Crippen LogP contribution is 2.01. The fraction of sp³-hybridized carbons (Fsp3) is 0.733. The molecule has 0 aliphatic rings. The molecule has 0 aromatic carbocycles. The van der Waals surface area contributed by atoms with Crippen LogP contribution in [0.1, 0.15) is 27.7 Å². The van der Waals surface area contributed by atoms with Gasteiger partial charge in [-0.3, -0.25) is 14.4 Å². The van der Waals surface area contributed by atoms with Gasteiger partial charge in [0.2, 0.25) is 17.7 Å². The van der Waals surface area contributed by atoms with Crippen LogP contribution in [0.4, 0.5) is 0 Å². The number of amides is 3. The molecular formula is C15H28N4O7. The SMILES string of the molecule is CC(C)C(N)C(=O)NC(C(=O)NCC(=O)NC(C(=O)O)C(C)O)C(C)O. The Bertz CT molecular complexity index is 522. The molecule has 0 bridgehead atoms. The van der Waals surface area contributed by atoms with E-state index in [1.54, 1.807) is 13.8 Å². The van der Waals surface area contributed by atoms with Gasteiger partial charge >= 0.3 is 5.97 Å². The van der Waals surface area contributed by atoms with Crippen LogP contribution in [0.25, 0.3) is 0 Å². The van der Waals surface area contributed by atoms with Crippen LogP contribution in [0, 0.1) is 5.92 Å². The van der Waals surface area contributed by atoms with Gasteiger partial charge in [-0.1, -0.05) is 13.8 Å². The van der Waals surface area contributed by atoms with Crippen molar-refractivity contribution in [2.24, 2.45) is 11.7 Å². The summed E-state index contributed by atoms with van der Waals surface area (Å²) in [6, 6.07) is -3.75. The third-order valence-corrected chi connectivity index (χ3v) is 3.57. The highest BCUT2D eigenvalue weighted by molar-refractivity contribution is 5.93. The van der Waals surface area contributed by atoms with Crippen molar-refractivity contribution in [1.29, 1.82) is 0 Å². The number of carboxylic acid groups (broad SMARTS) is 1. The molecule has 0 heterocycles. The van der Waals surface area contributed by atoms with Gasteiger partial charge in [-0.2, -0.15) is 0 Å². The van der Waals surface area contributed by atoms with E-state index < -0.39 is 60.6 Å². The summed E-state index contributed by atoms with van der Waals surface area (Å²) in [6.45, 7) is 5.29. The monoisotopic (exact) mass is 376 g/mol. The lowest BCUT2D eigenvalue weighted by Crippen LogP contribution is -2.58. The zero-order valence-corrected chi connectivity index (χ0v) is 15.2. The van der Waals surface area contributed by atoms with E-state index >= 15 is 0 Å². The van der Waals surface area contributed by atoms with Crippen LogP contribution in [0.5, 0.6) is 0 Å². The fourth-order valence-electron chi connectivity index (χ4n) is 1.85. The van der Waals surface area contributed by atoms with Gasteiger partial charge in [0, 0.05) is 0 Å². The summed E-state index contributed by atoms with van der Waals surface area (Å²) in [6.07, 6.45) is -2.60. The number of carboxylic acids is 1. The van der Waals surface area contributed by atoms with Gasteiger partial charge in [-0.25, -0.2) is 4.79 Å². The third kappa shape index (κ3) is 7.76. The van der Waals surface area contributed by atoms with Crippen molar-refractivity contribution in [2.45, 2.75) is 58.0 Å². The molecule has 8 N–H and O–H groups in total. The number of carbonyl (C=O) groups is 4. The average molecular weight is 376 g/mol. The van der Waals surface area contributed by atoms with Crippen LogP contribution in [0.2, 0.25) is 0 Å². The summed E-state index contributed by atoms with van der Waals surface area (Å²) in [5.41, 5.74) is 5.67. The summed E-state index contributed by atoms with van der Waals surface area (Å²) in [7, 11) is 0. The van der Waals surface area contributed by atoms with E-state index in [9.17, 15) is 29.4 Å². The van der Waals surface area contributed by atoms with E-state index in [-0.39, 0.29) is 5.92 Å². The Labute approximate surface area is 151 Å². The predicted octanol–water partition coefficient (Wildman–Crippen LogP) is -3.10. The molecule has 0 aliphatic carbocycles. The lowest BCUT2D eigenvalue weighted by molar-refractivity contribution is -0.144. The van der Waals surface area contributed by atoms with Gasteiger partial charge in [-0.15, -0.1) is 0 Å². The number of hydrogen-bond acceptors (Lipinski definition) is 7. The maximum Gasteiger partial charge on any atom is 0.328 e. The van der Waals surface area contributed by atoms with Crippen LogP contribution >= 0.6 is 0 Å². The van der Waals surface area contributed by atoms with Gasteiger partial charge in [0.1, 0.15) is 6.04 Å². The van der Waals surface area contributed by atoms with Gasteiger partial charge in [0.05, 0.1) is 24.8 Å².